The van der Waals surface area contributed by atoms with Gasteiger partial charge in [0, 0.05) is 19.2 Å². The second-order valence-corrected chi connectivity index (χ2v) is 6.76. The second-order valence-electron chi connectivity index (χ2n) is 6.76. The molecule has 0 radical (unpaired) electrons. The van der Waals surface area contributed by atoms with Gasteiger partial charge in [-0.05, 0) is 38.0 Å². The average Bonchev–Trinajstić information content (AvgIpc) is 2.27. The van der Waals surface area contributed by atoms with Gasteiger partial charge in [-0.15, -0.1) is 0 Å². The third-order valence-corrected chi connectivity index (χ3v) is 4.43. The van der Waals surface area contributed by atoms with E-state index < -0.39 is 0 Å². The van der Waals surface area contributed by atoms with E-state index in [1.165, 1.54) is 25.7 Å². The van der Waals surface area contributed by atoms with Crippen molar-refractivity contribution in [1.29, 1.82) is 0 Å². The van der Waals surface area contributed by atoms with E-state index in [4.69, 9.17) is 4.74 Å². The zero-order valence-corrected chi connectivity index (χ0v) is 12.5. The van der Waals surface area contributed by atoms with Gasteiger partial charge < -0.3 is 10.1 Å². The minimum Gasteiger partial charge on any atom is -0.380 e. The van der Waals surface area contributed by atoms with Crippen molar-refractivity contribution in [3.8, 4) is 0 Å². The van der Waals surface area contributed by atoms with E-state index in [9.17, 15) is 0 Å². The maximum Gasteiger partial charge on any atom is 0.0693 e. The first-order chi connectivity index (χ1) is 7.86. The van der Waals surface area contributed by atoms with Crippen LogP contribution < -0.4 is 5.32 Å². The second kappa shape index (κ2) is 6.19. The molecule has 4 atom stereocenters. The van der Waals surface area contributed by atoms with Crippen molar-refractivity contribution in [2.75, 3.05) is 7.11 Å². The van der Waals surface area contributed by atoms with Crippen molar-refractivity contribution in [3.63, 3.8) is 0 Å². The molecule has 0 bridgehead atoms. The third kappa shape index (κ3) is 4.26. The number of ether oxygens (including phenoxy) is 1. The molecule has 2 heteroatoms. The van der Waals surface area contributed by atoms with Crippen LogP contribution in [0.25, 0.3) is 0 Å². The molecule has 0 spiro atoms. The molecule has 1 aliphatic rings. The molecule has 1 rings (SSSR count). The summed E-state index contributed by atoms with van der Waals surface area (Å²) in [4.78, 5) is 0. The predicted octanol–water partition coefficient (Wildman–Crippen LogP) is 3.60. The van der Waals surface area contributed by atoms with E-state index in [-0.39, 0.29) is 6.10 Å². The number of hydrogen-bond acceptors (Lipinski definition) is 2. The molecule has 1 aliphatic carbocycles. The maximum atomic E-state index is 5.41. The van der Waals surface area contributed by atoms with E-state index in [1.54, 1.807) is 7.11 Å². The van der Waals surface area contributed by atoms with Crippen LogP contribution in [0.2, 0.25) is 0 Å². The van der Waals surface area contributed by atoms with Crippen molar-refractivity contribution >= 4 is 0 Å². The first-order valence-electron chi connectivity index (χ1n) is 7.15. The van der Waals surface area contributed by atoms with Crippen LogP contribution in [0.1, 0.15) is 60.3 Å². The summed E-state index contributed by atoms with van der Waals surface area (Å²) in [7, 11) is 1.80. The highest BCUT2D eigenvalue weighted by Gasteiger charge is 2.34. The smallest absolute Gasteiger partial charge is 0.0693 e. The Labute approximate surface area is 108 Å². The van der Waals surface area contributed by atoms with E-state index in [0.29, 0.717) is 17.5 Å². The molecule has 0 aromatic heterocycles. The topological polar surface area (TPSA) is 21.3 Å². The van der Waals surface area contributed by atoms with Gasteiger partial charge in [-0.3, -0.25) is 0 Å². The zero-order valence-electron chi connectivity index (χ0n) is 12.5. The fraction of sp³-hybridized carbons (Fsp3) is 1.00. The van der Waals surface area contributed by atoms with E-state index >= 15 is 0 Å². The summed E-state index contributed by atoms with van der Waals surface area (Å²) in [6.45, 7) is 11.5. The van der Waals surface area contributed by atoms with Crippen molar-refractivity contribution in [2.45, 2.75) is 78.5 Å². The Hall–Kier alpha value is -0.0800. The third-order valence-electron chi connectivity index (χ3n) is 4.43. The number of hydrogen-bond donors (Lipinski definition) is 1. The van der Waals surface area contributed by atoms with Gasteiger partial charge in [-0.2, -0.15) is 0 Å². The summed E-state index contributed by atoms with van der Waals surface area (Å²) in [5, 5.41) is 3.80. The van der Waals surface area contributed by atoms with Crippen LogP contribution in [0.4, 0.5) is 0 Å². The average molecular weight is 241 g/mol. The summed E-state index contributed by atoms with van der Waals surface area (Å²) in [5.74, 6) is 0.794. The summed E-state index contributed by atoms with van der Waals surface area (Å²) >= 11 is 0. The van der Waals surface area contributed by atoms with Crippen LogP contribution in [0.5, 0.6) is 0 Å². The van der Waals surface area contributed by atoms with E-state index in [0.717, 1.165) is 5.92 Å². The highest BCUT2D eigenvalue weighted by atomic mass is 16.5. The lowest BCUT2D eigenvalue weighted by Gasteiger charge is -2.42. The van der Waals surface area contributed by atoms with Crippen LogP contribution >= 0.6 is 0 Å². The molecule has 2 nitrogen and oxygen atoms in total. The van der Waals surface area contributed by atoms with Gasteiger partial charge in [0.1, 0.15) is 0 Å². The van der Waals surface area contributed by atoms with Crippen molar-refractivity contribution < 1.29 is 4.74 Å². The maximum absolute atomic E-state index is 5.41. The molecule has 102 valence electrons. The summed E-state index contributed by atoms with van der Waals surface area (Å²) in [6, 6.07) is 1.10. The molecule has 4 unspecified atom stereocenters. The molecule has 1 fully saturated rings. The SMILES string of the molecule is COC(C)C(C)NC1CCCCC1C(C)(C)C. The zero-order chi connectivity index (χ0) is 13.1. The number of rotatable bonds is 4. The molecule has 17 heavy (non-hydrogen) atoms. The minimum atomic E-state index is 0.289. The van der Waals surface area contributed by atoms with Crippen LogP contribution in [0, 0.1) is 11.3 Å². The Kier molecular flexibility index (Phi) is 5.46. The molecular formula is C15H31NO. The fourth-order valence-corrected chi connectivity index (χ4v) is 3.04. The lowest BCUT2D eigenvalue weighted by molar-refractivity contribution is 0.0621. The molecule has 0 amide bonds. The Bertz CT molecular complexity index is 221. The highest BCUT2D eigenvalue weighted by Crippen LogP contribution is 2.38. The Morgan fingerprint density at radius 2 is 1.71 bits per heavy atom. The van der Waals surface area contributed by atoms with Gasteiger partial charge in [-0.25, -0.2) is 0 Å². The van der Waals surface area contributed by atoms with Gasteiger partial charge in [0.15, 0.2) is 0 Å². The first-order valence-corrected chi connectivity index (χ1v) is 7.15. The van der Waals surface area contributed by atoms with E-state index in [1.807, 2.05) is 0 Å². The molecule has 0 aliphatic heterocycles. The summed E-state index contributed by atoms with van der Waals surface area (Å²) in [5.41, 5.74) is 0.411. The van der Waals surface area contributed by atoms with Crippen LogP contribution in [0.15, 0.2) is 0 Å². The van der Waals surface area contributed by atoms with Crippen LogP contribution in [-0.4, -0.2) is 25.3 Å². The molecule has 0 saturated heterocycles. The lowest BCUT2D eigenvalue weighted by Crippen LogP contribution is -2.50. The molecule has 1 saturated carbocycles. The Morgan fingerprint density at radius 3 is 2.24 bits per heavy atom. The molecular weight excluding hydrogens is 210 g/mol. The first kappa shape index (κ1) is 15.0. The Balaban J connectivity index is 2.60. The minimum absolute atomic E-state index is 0.289. The molecule has 1 N–H and O–H groups in total. The van der Waals surface area contributed by atoms with E-state index in [2.05, 4.69) is 39.9 Å². The Morgan fingerprint density at radius 1 is 1.12 bits per heavy atom. The van der Waals surface area contributed by atoms with Gasteiger partial charge in [0.25, 0.3) is 0 Å². The molecule has 0 heterocycles. The van der Waals surface area contributed by atoms with Crippen molar-refractivity contribution in [1.82, 2.24) is 5.32 Å². The predicted molar refractivity (Wildman–Crippen MR) is 74.3 cm³/mol. The largest absolute Gasteiger partial charge is 0.380 e. The van der Waals surface area contributed by atoms with Crippen LogP contribution in [-0.2, 0) is 4.74 Å². The lowest BCUT2D eigenvalue weighted by atomic mass is 9.69. The number of methoxy groups -OCH3 is 1. The monoisotopic (exact) mass is 241 g/mol. The normalized spacial score (nSPS) is 30.0. The summed E-state index contributed by atoms with van der Waals surface area (Å²) < 4.78 is 5.41. The standard InChI is InChI=1S/C15H31NO/c1-11(12(2)17-6)16-14-10-8-7-9-13(14)15(3,4)5/h11-14,16H,7-10H2,1-6H3. The fourth-order valence-electron chi connectivity index (χ4n) is 3.04. The van der Waals surface area contributed by atoms with Crippen LogP contribution in [0.3, 0.4) is 0 Å². The highest BCUT2D eigenvalue weighted by molar-refractivity contribution is 4.90. The quantitative estimate of drug-likeness (QED) is 0.812. The van der Waals surface area contributed by atoms with Crippen molar-refractivity contribution in [3.05, 3.63) is 0 Å². The van der Waals surface area contributed by atoms with Gasteiger partial charge in [0.05, 0.1) is 6.10 Å². The molecule has 0 aromatic rings. The molecule has 0 aromatic carbocycles. The summed E-state index contributed by atoms with van der Waals surface area (Å²) in [6.07, 6.45) is 5.75. The van der Waals surface area contributed by atoms with Crippen molar-refractivity contribution in [2.24, 2.45) is 11.3 Å². The van der Waals surface area contributed by atoms with Gasteiger partial charge in [0.2, 0.25) is 0 Å². The number of nitrogens with one attached hydrogen (secondary N) is 1. The van der Waals surface area contributed by atoms with Gasteiger partial charge in [-0.1, -0.05) is 33.6 Å². The van der Waals surface area contributed by atoms with Gasteiger partial charge >= 0.3 is 0 Å².